The van der Waals surface area contributed by atoms with E-state index in [4.69, 9.17) is 0 Å². The zero-order valence-electron chi connectivity index (χ0n) is 10.1. The first-order valence-corrected chi connectivity index (χ1v) is 5.97. The van der Waals surface area contributed by atoms with Crippen LogP contribution in [-0.2, 0) is 0 Å². The second-order valence-corrected chi connectivity index (χ2v) is 4.58. The second-order valence-electron chi connectivity index (χ2n) is 4.58. The fourth-order valence-corrected chi connectivity index (χ4v) is 2.23. The summed E-state index contributed by atoms with van der Waals surface area (Å²) in [5.74, 6) is 0.0238. The van der Waals surface area contributed by atoms with Crippen LogP contribution in [0.2, 0.25) is 0 Å². The van der Waals surface area contributed by atoms with E-state index >= 15 is 0 Å². The number of hydrogen-bond donors (Lipinski definition) is 2. The van der Waals surface area contributed by atoms with E-state index in [0.29, 0.717) is 6.54 Å². The van der Waals surface area contributed by atoms with Gasteiger partial charge in [-0.25, -0.2) is 4.68 Å². The topological polar surface area (TPSA) is 75.9 Å². The molecule has 1 aliphatic heterocycles. The van der Waals surface area contributed by atoms with Crippen LogP contribution in [0.3, 0.4) is 0 Å². The predicted octanol–water partition coefficient (Wildman–Crippen LogP) is 0.0184. The van der Waals surface area contributed by atoms with Crippen molar-refractivity contribution in [2.45, 2.75) is 18.9 Å². The highest BCUT2D eigenvalue weighted by molar-refractivity contribution is 5.36. The Labute approximate surface area is 105 Å². The third kappa shape index (κ3) is 1.89. The zero-order chi connectivity index (χ0) is 12.5. The second kappa shape index (κ2) is 4.47. The normalized spacial score (nSPS) is 23.4. The minimum atomic E-state index is -0.384. The zero-order valence-corrected chi connectivity index (χ0v) is 10.1. The van der Waals surface area contributed by atoms with Crippen molar-refractivity contribution in [3.8, 4) is 5.69 Å². The maximum atomic E-state index is 9.82. The van der Waals surface area contributed by atoms with E-state index in [-0.39, 0.29) is 12.0 Å². The molecule has 0 aliphatic carbocycles. The quantitative estimate of drug-likeness (QED) is 0.780. The van der Waals surface area contributed by atoms with Crippen LogP contribution in [0.5, 0.6) is 0 Å². The first-order chi connectivity index (χ1) is 8.75. The van der Waals surface area contributed by atoms with Gasteiger partial charge >= 0.3 is 0 Å². The SMILES string of the molecule is Cc1ccncc1-n1cc([C@@H]2CNC[C@H]2O)nn1. The number of aliphatic hydroxyl groups is 1. The van der Waals surface area contributed by atoms with E-state index in [0.717, 1.165) is 23.5 Å². The summed E-state index contributed by atoms with van der Waals surface area (Å²) in [7, 11) is 0. The Morgan fingerprint density at radius 2 is 2.33 bits per heavy atom. The molecule has 0 unspecified atom stereocenters. The summed E-state index contributed by atoms with van der Waals surface area (Å²) < 4.78 is 1.71. The molecule has 1 aliphatic rings. The molecule has 6 heteroatoms. The van der Waals surface area contributed by atoms with E-state index in [9.17, 15) is 5.11 Å². The highest BCUT2D eigenvalue weighted by atomic mass is 16.3. The lowest BCUT2D eigenvalue weighted by Gasteiger charge is -2.08. The Bertz CT molecular complexity index is 553. The van der Waals surface area contributed by atoms with Gasteiger partial charge in [0.15, 0.2) is 0 Å². The van der Waals surface area contributed by atoms with E-state index in [2.05, 4.69) is 20.6 Å². The molecule has 2 aromatic rings. The number of nitrogens with one attached hydrogen (secondary N) is 1. The van der Waals surface area contributed by atoms with Crippen molar-refractivity contribution in [2.75, 3.05) is 13.1 Å². The monoisotopic (exact) mass is 245 g/mol. The standard InChI is InChI=1S/C12H15N5O/c1-8-2-3-13-5-11(8)17-7-10(15-16-17)9-4-14-6-12(9)18/h2-3,5,7,9,12,14,18H,4,6H2,1H3/t9-,12+/m0/s1. The lowest BCUT2D eigenvalue weighted by molar-refractivity contribution is 0.176. The molecule has 1 saturated heterocycles. The first kappa shape index (κ1) is 11.3. The van der Waals surface area contributed by atoms with Gasteiger partial charge in [0.25, 0.3) is 0 Å². The average Bonchev–Trinajstić information content (AvgIpc) is 2.98. The molecule has 94 valence electrons. The van der Waals surface area contributed by atoms with Crippen molar-refractivity contribution in [1.82, 2.24) is 25.3 Å². The van der Waals surface area contributed by atoms with Gasteiger partial charge in [0, 0.05) is 25.2 Å². The molecule has 2 atom stereocenters. The van der Waals surface area contributed by atoms with Gasteiger partial charge in [0.05, 0.1) is 29.9 Å². The minimum absolute atomic E-state index is 0.0238. The van der Waals surface area contributed by atoms with Crippen LogP contribution in [0, 0.1) is 6.92 Å². The Balaban J connectivity index is 1.92. The van der Waals surface area contributed by atoms with E-state index in [1.807, 2.05) is 19.2 Å². The highest BCUT2D eigenvalue weighted by Crippen LogP contribution is 2.21. The van der Waals surface area contributed by atoms with Crippen molar-refractivity contribution in [1.29, 1.82) is 0 Å². The number of nitrogens with zero attached hydrogens (tertiary/aromatic N) is 4. The Morgan fingerprint density at radius 1 is 1.44 bits per heavy atom. The van der Waals surface area contributed by atoms with Crippen LogP contribution >= 0.6 is 0 Å². The van der Waals surface area contributed by atoms with Gasteiger partial charge in [-0.1, -0.05) is 5.21 Å². The summed E-state index contributed by atoms with van der Waals surface area (Å²) in [6.45, 7) is 3.36. The van der Waals surface area contributed by atoms with Crippen LogP contribution in [0.15, 0.2) is 24.7 Å². The molecule has 3 rings (SSSR count). The molecule has 2 N–H and O–H groups in total. The largest absolute Gasteiger partial charge is 0.391 e. The van der Waals surface area contributed by atoms with Crippen molar-refractivity contribution in [3.63, 3.8) is 0 Å². The number of aliphatic hydroxyl groups excluding tert-OH is 1. The molecule has 6 nitrogen and oxygen atoms in total. The third-order valence-electron chi connectivity index (χ3n) is 3.33. The van der Waals surface area contributed by atoms with E-state index in [1.54, 1.807) is 17.1 Å². The van der Waals surface area contributed by atoms with Crippen molar-refractivity contribution >= 4 is 0 Å². The van der Waals surface area contributed by atoms with Gasteiger partial charge in [0.1, 0.15) is 0 Å². The average molecular weight is 245 g/mol. The molecule has 18 heavy (non-hydrogen) atoms. The lowest BCUT2D eigenvalue weighted by atomic mass is 10.0. The summed E-state index contributed by atoms with van der Waals surface area (Å²) >= 11 is 0. The maximum Gasteiger partial charge on any atom is 0.0901 e. The summed E-state index contributed by atoms with van der Waals surface area (Å²) in [6, 6.07) is 1.93. The first-order valence-electron chi connectivity index (χ1n) is 5.97. The fraction of sp³-hybridized carbons (Fsp3) is 0.417. The van der Waals surface area contributed by atoms with Crippen molar-refractivity contribution in [3.05, 3.63) is 35.9 Å². The summed E-state index contributed by atoms with van der Waals surface area (Å²) in [4.78, 5) is 4.09. The van der Waals surface area contributed by atoms with Gasteiger partial charge in [-0.3, -0.25) is 4.98 Å². The molecule has 3 heterocycles. The smallest absolute Gasteiger partial charge is 0.0901 e. The van der Waals surface area contributed by atoms with Gasteiger partial charge in [-0.05, 0) is 18.6 Å². The highest BCUT2D eigenvalue weighted by Gasteiger charge is 2.28. The van der Waals surface area contributed by atoms with Crippen LogP contribution in [0.25, 0.3) is 5.69 Å². The molecule has 0 bridgehead atoms. The van der Waals surface area contributed by atoms with E-state index in [1.165, 1.54) is 0 Å². The van der Waals surface area contributed by atoms with Crippen LogP contribution < -0.4 is 5.32 Å². The molecular formula is C12H15N5O. The number of β-amino-alcohol motifs (C(OH)–C–C–N with tert-alkyl or cyclic N) is 1. The van der Waals surface area contributed by atoms with Crippen molar-refractivity contribution in [2.24, 2.45) is 0 Å². The number of hydrogen-bond acceptors (Lipinski definition) is 5. The molecule has 1 fully saturated rings. The van der Waals surface area contributed by atoms with Gasteiger partial charge in [-0.2, -0.15) is 0 Å². The molecule has 0 saturated carbocycles. The predicted molar refractivity (Wildman–Crippen MR) is 65.5 cm³/mol. The molecule has 0 amide bonds. The molecular weight excluding hydrogens is 230 g/mol. The van der Waals surface area contributed by atoms with E-state index < -0.39 is 0 Å². The van der Waals surface area contributed by atoms with Crippen molar-refractivity contribution < 1.29 is 5.11 Å². The Kier molecular flexibility index (Phi) is 2.81. The number of pyridine rings is 1. The third-order valence-corrected chi connectivity index (χ3v) is 3.33. The van der Waals surface area contributed by atoms with Gasteiger partial charge in [0.2, 0.25) is 0 Å². The molecule has 2 aromatic heterocycles. The summed E-state index contributed by atoms with van der Waals surface area (Å²) in [6.07, 6.45) is 4.99. The molecule has 0 spiro atoms. The lowest BCUT2D eigenvalue weighted by Crippen LogP contribution is -2.16. The summed E-state index contributed by atoms with van der Waals surface area (Å²) in [5, 5.41) is 21.2. The Morgan fingerprint density at radius 3 is 3.06 bits per heavy atom. The Hall–Kier alpha value is -1.79. The number of aryl methyl sites for hydroxylation is 1. The van der Waals surface area contributed by atoms with Crippen LogP contribution in [0.4, 0.5) is 0 Å². The number of aromatic nitrogens is 4. The molecule has 0 aromatic carbocycles. The van der Waals surface area contributed by atoms with Crippen LogP contribution in [-0.4, -0.2) is 44.3 Å². The maximum absolute atomic E-state index is 9.82. The fourth-order valence-electron chi connectivity index (χ4n) is 2.23. The summed E-state index contributed by atoms with van der Waals surface area (Å²) in [5.41, 5.74) is 2.82. The number of rotatable bonds is 2. The van der Waals surface area contributed by atoms with Gasteiger partial charge in [-0.15, -0.1) is 5.10 Å². The van der Waals surface area contributed by atoms with Crippen LogP contribution in [0.1, 0.15) is 17.2 Å². The van der Waals surface area contributed by atoms with Gasteiger partial charge < -0.3 is 10.4 Å². The molecule has 0 radical (unpaired) electrons. The minimum Gasteiger partial charge on any atom is -0.391 e.